The van der Waals surface area contributed by atoms with Gasteiger partial charge in [-0.1, -0.05) is 12.1 Å². The summed E-state index contributed by atoms with van der Waals surface area (Å²) >= 11 is 0. The van der Waals surface area contributed by atoms with Crippen LogP contribution >= 0.6 is 0 Å². The van der Waals surface area contributed by atoms with Crippen molar-refractivity contribution in [2.24, 2.45) is 0 Å². The van der Waals surface area contributed by atoms with Gasteiger partial charge in [-0.2, -0.15) is 0 Å². The van der Waals surface area contributed by atoms with Crippen LogP contribution in [-0.2, 0) is 14.4 Å². The molecule has 0 aromatic heterocycles. The minimum Gasteiger partial charge on any atom is -0.507 e. The summed E-state index contributed by atoms with van der Waals surface area (Å²) in [5, 5.41) is 30.8. The quantitative estimate of drug-likeness (QED) is 0.204. The molecule has 0 bridgehead atoms. The van der Waals surface area contributed by atoms with Gasteiger partial charge in [0.25, 0.3) is 17.4 Å². The number of hydrogen-bond acceptors (Lipinski definition) is 7. The van der Waals surface area contributed by atoms with Crippen molar-refractivity contribution in [3.05, 3.63) is 75.3 Å². The smallest absolute Gasteiger partial charge is 0.303 e. The van der Waals surface area contributed by atoms with Gasteiger partial charge in [-0.25, -0.2) is 0 Å². The number of non-ortho nitro benzene ring substituents is 1. The molecule has 33 heavy (non-hydrogen) atoms. The summed E-state index contributed by atoms with van der Waals surface area (Å²) in [6.45, 7) is 0.00795. The van der Waals surface area contributed by atoms with Crippen LogP contribution in [0.4, 0.5) is 11.4 Å². The maximum atomic E-state index is 12.9. The number of nitro benzene ring substituents is 1. The van der Waals surface area contributed by atoms with Crippen molar-refractivity contribution in [2.75, 3.05) is 25.5 Å². The predicted octanol–water partition coefficient (Wildman–Crippen LogP) is 2.95. The fraction of sp³-hybridized carbons (Fsp3) is 0.261. The van der Waals surface area contributed by atoms with E-state index < -0.39 is 34.4 Å². The number of aliphatic carboxylic acids is 1. The average Bonchev–Trinajstić information content (AvgIpc) is 3.03. The van der Waals surface area contributed by atoms with Crippen molar-refractivity contribution in [1.82, 2.24) is 4.90 Å². The number of Topliss-reactive ketones (excluding diaryl/α,β-unsaturated/α-hetero) is 1. The Labute approximate surface area is 189 Å². The van der Waals surface area contributed by atoms with Crippen molar-refractivity contribution >= 4 is 34.8 Å². The number of rotatable bonds is 8. The van der Waals surface area contributed by atoms with E-state index >= 15 is 0 Å². The number of carboxylic acid groups (broad SMARTS) is 1. The van der Waals surface area contributed by atoms with Gasteiger partial charge in [0, 0.05) is 50.4 Å². The summed E-state index contributed by atoms with van der Waals surface area (Å²) in [4.78, 5) is 50.1. The van der Waals surface area contributed by atoms with E-state index in [-0.39, 0.29) is 36.2 Å². The zero-order valence-electron chi connectivity index (χ0n) is 18.1. The van der Waals surface area contributed by atoms with Gasteiger partial charge in [0.2, 0.25) is 0 Å². The molecule has 0 spiro atoms. The van der Waals surface area contributed by atoms with Crippen LogP contribution in [0.15, 0.2) is 54.1 Å². The van der Waals surface area contributed by atoms with Crippen molar-refractivity contribution in [2.45, 2.75) is 18.9 Å². The topological polar surface area (TPSA) is 141 Å². The molecule has 3 rings (SSSR count). The normalized spacial score (nSPS) is 17.3. The molecule has 1 heterocycles. The molecule has 0 saturated carbocycles. The number of carboxylic acids is 1. The molecular weight excluding hydrogens is 430 g/mol. The molecule has 1 fully saturated rings. The molecule has 0 radical (unpaired) electrons. The second-order valence-corrected chi connectivity index (χ2v) is 7.78. The van der Waals surface area contributed by atoms with Crippen molar-refractivity contribution in [3.63, 3.8) is 0 Å². The summed E-state index contributed by atoms with van der Waals surface area (Å²) in [7, 11) is 3.73. The SMILES string of the molecule is CN(C)c1ccc([C@H]2C(=C(O)c3ccc([N+](=O)[O-])cc3)C(=O)C(=O)N2CCCC(=O)O)cc1. The summed E-state index contributed by atoms with van der Waals surface area (Å²) in [6.07, 6.45) is -0.0517. The second-order valence-electron chi connectivity index (χ2n) is 7.78. The van der Waals surface area contributed by atoms with Crippen molar-refractivity contribution in [1.29, 1.82) is 0 Å². The van der Waals surface area contributed by atoms with E-state index in [0.717, 1.165) is 5.69 Å². The van der Waals surface area contributed by atoms with E-state index in [2.05, 4.69) is 0 Å². The highest BCUT2D eigenvalue weighted by molar-refractivity contribution is 6.46. The minimum atomic E-state index is -1.02. The highest BCUT2D eigenvalue weighted by Gasteiger charge is 2.45. The number of carbonyl (C=O) groups is 3. The van der Waals surface area contributed by atoms with E-state index in [9.17, 15) is 29.6 Å². The fourth-order valence-corrected chi connectivity index (χ4v) is 3.71. The number of amides is 1. The molecule has 1 saturated heterocycles. The first kappa shape index (κ1) is 23.5. The number of nitro groups is 1. The van der Waals surface area contributed by atoms with Crippen LogP contribution in [0, 0.1) is 10.1 Å². The first-order valence-electron chi connectivity index (χ1n) is 10.1. The number of carbonyl (C=O) groups excluding carboxylic acids is 2. The third kappa shape index (κ3) is 4.84. The van der Waals surface area contributed by atoms with E-state index in [0.29, 0.717) is 5.56 Å². The highest BCUT2D eigenvalue weighted by Crippen LogP contribution is 2.40. The Morgan fingerprint density at radius 3 is 2.18 bits per heavy atom. The Morgan fingerprint density at radius 1 is 1.06 bits per heavy atom. The number of anilines is 1. The summed E-state index contributed by atoms with van der Waals surface area (Å²) in [5.74, 6) is -3.22. The van der Waals surface area contributed by atoms with Crippen LogP contribution in [0.5, 0.6) is 0 Å². The third-order valence-electron chi connectivity index (χ3n) is 5.41. The Balaban J connectivity index is 2.09. The monoisotopic (exact) mass is 453 g/mol. The molecule has 1 atom stereocenters. The van der Waals surface area contributed by atoms with Gasteiger partial charge in [0.1, 0.15) is 5.76 Å². The van der Waals surface area contributed by atoms with Gasteiger partial charge in [0.15, 0.2) is 0 Å². The molecular formula is C23H23N3O7. The first-order chi connectivity index (χ1) is 15.6. The predicted molar refractivity (Wildman–Crippen MR) is 120 cm³/mol. The maximum absolute atomic E-state index is 12.9. The third-order valence-corrected chi connectivity index (χ3v) is 5.41. The van der Waals surface area contributed by atoms with Crippen LogP contribution < -0.4 is 4.90 Å². The Bertz CT molecular complexity index is 1120. The lowest BCUT2D eigenvalue weighted by molar-refractivity contribution is -0.384. The number of aliphatic hydroxyl groups excluding tert-OH is 1. The lowest BCUT2D eigenvalue weighted by Crippen LogP contribution is -2.31. The molecule has 0 aliphatic carbocycles. The van der Waals surface area contributed by atoms with E-state index in [1.54, 1.807) is 24.3 Å². The molecule has 2 aromatic carbocycles. The second kappa shape index (κ2) is 9.51. The fourth-order valence-electron chi connectivity index (χ4n) is 3.71. The molecule has 1 aliphatic rings. The number of benzene rings is 2. The molecule has 10 nitrogen and oxygen atoms in total. The van der Waals surface area contributed by atoms with E-state index in [1.165, 1.54) is 29.2 Å². The lowest BCUT2D eigenvalue weighted by atomic mass is 9.95. The van der Waals surface area contributed by atoms with Crippen LogP contribution in [-0.4, -0.2) is 58.3 Å². The van der Waals surface area contributed by atoms with E-state index in [4.69, 9.17) is 5.11 Å². The van der Waals surface area contributed by atoms with Crippen LogP contribution in [0.25, 0.3) is 5.76 Å². The summed E-state index contributed by atoms with van der Waals surface area (Å²) < 4.78 is 0. The molecule has 1 amide bonds. The van der Waals surface area contributed by atoms with Gasteiger partial charge >= 0.3 is 5.97 Å². The Kier molecular flexibility index (Phi) is 6.76. The van der Waals surface area contributed by atoms with Gasteiger partial charge in [-0.15, -0.1) is 0 Å². The molecule has 2 N–H and O–H groups in total. The van der Waals surface area contributed by atoms with Gasteiger partial charge in [-0.05, 0) is 36.2 Å². The summed E-state index contributed by atoms with van der Waals surface area (Å²) in [5.41, 5.74) is 1.27. The number of hydrogen-bond donors (Lipinski definition) is 2. The number of aliphatic hydroxyl groups is 1. The van der Waals surface area contributed by atoms with Crippen molar-refractivity contribution in [3.8, 4) is 0 Å². The molecule has 1 aliphatic heterocycles. The minimum absolute atomic E-state index is 0.00795. The Hall–Kier alpha value is -4.21. The van der Waals surface area contributed by atoms with Crippen LogP contribution in [0.1, 0.15) is 30.0 Å². The van der Waals surface area contributed by atoms with E-state index in [1.807, 2.05) is 19.0 Å². The molecule has 172 valence electrons. The van der Waals surface area contributed by atoms with Gasteiger partial charge < -0.3 is 20.0 Å². The average molecular weight is 453 g/mol. The standard InChI is InChI=1S/C23H23N3O7/c1-24(2)16-9-5-14(6-10-16)20-19(21(29)15-7-11-17(12-8-15)26(32)33)22(30)23(31)25(20)13-3-4-18(27)28/h5-12,20,29H,3-4,13H2,1-2H3,(H,27,28)/t20-/m0/s1. The lowest BCUT2D eigenvalue weighted by Gasteiger charge is -2.25. The highest BCUT2D eigenvalue weighted by atomic mass is 16.6. The van der Waals surface area contributed by atoms with Crippen LogP contribution in [0.3, 0.4) is 0 Å². The summed E-state index contributed by atoms with van der Waals surface area (Å²) in [6, 6.07) is 11.1. The largest absolute Gasteiger partial charge is 0.507 e. The zero-order chi connectivity index (χ0) is 24.3. The number of likely N-dealkylation sites (tertiary alicyclic amines) is 1. The molecule has 2 aromatic rings. The zero-order valence-corrected chi connectivity index (χ0v) is 18.1. The first-order valence-corrected chi connectivity index (χ1v) is 10.1. The number of ketones is 1. The molecule has 0 unspecified atom stereocenters. The van der Waals surface area contributed by atoms with Gasteiger partial charge in [0.05, 0.1) is 16.5 Å². The molecule has 10 heteroatoms. The van der Waals surface area contributed by atoms with Gasteiger partial charge in [-0.3, -0.25) is 24.5 Å². The number of nitrogens with zero attached hydrogens (tertiary/aromatic N) is 3. The maximum Gasteiger partial charge on any atom is 0.303 e. The Morgan fingerprint density at radius 2 is 1.67 bits per heavy atom. The van der Waals surface area contributed by atoms with Crippen LogP contribution in [0.2, 0.25) is 0 Å². The van der Waals surface area contributed by atoms with Crippen molar-refractivity contribution < 1.29 is 29.5 Å².